The zero-order valence-electron chi connectivity index (χ0n) is 13.1. The smallest absolute Gasteiger partial charge is 0.218 e. The molecule has 0 aliphatic carbocycles. The monoisotopic (exact) mass is 358 g/mol. The van der Waals surface area contributed by atoms with Gasteiger partial charge < -0.3 is 0 Å². The molecule has 0 bridgehead atoms. The van der Waals surface area contributed by atoms with Gasteiger partial charge in [-0.2, -0.15) is 4.31 Å². The van der Waals surface area contributed by atoms with E-state index in [1.165, 1.54) is 0 Å². The summed E-state index contributed by atoms with van der Waals surface area (Å²) in [7, 11) is -3.35. The summed E-state index contributed by atoms with van der Waals surface area (Å²) in [5.41, 5.74) is 1.78. The van der Waals surface area contributed by atoms with Gasteiger partial charge in [-0.1, -0.05) is 42.5 Å². The van der Waals surface area contributed by atoms with Gasteiger partial charge in [0.1, 0.15) is 5.01 Å². The van der Waals surface area contributed by atoms with Crippen LogP contribution in [0.4, 0.5) is 0 Å². The molecule has 0 saturated carbocycles. The summed E-state index contributed by atoms with van der Waals surface area (Å²) in [6.45, 7) is 0.579. The number of para-hydroxylation sites is 1. The number of nitrogens with zero attached hydrogens (tertiary/aromatic N) is 2. The Bertz CT molecular complexity index is 918. The Morgan fingerprint density at radius 2 is 1.83 bits per heavy atom. The van der Waals surface area contributed by atoms with Crippen molar-refractivity contribution in [3.63, 3.8) is 0 Å². The zero-order valence-corrected chi connectivity index (χ0v) is 14.8. The first kappa shape index (κ1) is 15.7. The molecule has 0 radical (unpaired) electrons. The minimum Gasteiger partial charge on any atom is -0.239 e. The van der Waals surface area contributed by atoms with Crippen LogP contribution >= 0.6 is 11.3 Å². The van der Waals surface area contributed by atoms with Crippen LogP contribution in [-0.2, 0) is 15.8 Å². The molecule has 1 saturated heterocycles. The molecule has 2 aromatic carbocycles. The van der Waals surface area contributed by atoms with E-state index in [1.807, 2.05) is 54.6 Å². The first-order valence-corrected chi connectivity index (χ1v) is 10.4. The number of rotatable bonds is 4. The molecular formula is C18H18N2O2S2. The first-order valence-electron chi connectivity index (χ1n) is 8.02. The molecule has 4 nitrogen and oxygen atoms in total. The van der Waals surface area contributed by atoms with Crippen LogP contribution in [0.2, 0.25) is 0 Å². The molecule has 1 fully saturated rings. The third kappa shape index (κ3) is 2.97. The Morgan fingerprint density at radius 1 is 1.08 bits per heavy atom. The van der Waals surface area contributed by atoms with Crippen molar-refractivity contribution in [2.24, 2.45) is 0 Å². The van der Waals surface area contributed by atoms with Crippen molar-refractivity contribution < 1.29 is 8.42 Å². The van der Waals surface area contributed by atoms with Gasteiger partial charge in [0.15, 0.2) is 0 Å². The number of thiazole rings is 1. The van der Waals surface area contributed by atoms with Crippen LogP contribution in [0, 0.1) is 0 Å². The van der Waals surface area contributed by atoms with Gasteiger partial charge in [-0.3, -0.25) is 0 Å². The van der Waals surface area contributed by atoms with Crippen molar-refractivity contribution in [3.05, 3.63) is 65.2 Å². The summed E-state index contributed by atoms with van der Waals surface area (Å²) in [6.07, 6.45) is 1.72. The van der Waals surface area contributed by atoms with Crippen molar-refractivity contribution in [1.82, 2.24) is 9.29 Å². The Balaban J connectivity index is 1.64. The Hall–Kier alpha value is -1.76. The molecule has 1 aromatic heterocycles. The largest absolute Gasteiger partial charge is 0.239 e. The highest BCUT2D eigenvalue weighted by atomic mass is 32.2. The predicted molar refractivity (Wildman–Crippen MR) is 97.4 cm³/mol. The van der Waals surface area contributed by atoms with Crippen LogP contribution < -0.4 is 0 Å². The lowest BCUT2D eigenvalue weighted by Gasteiger charge is -2.22. The number of sulfonamides is 1. The molecular weight excluding hydrogens is 340 g/mol. The SMILES string of the molecule is O=S(=O)(Cc1ccccc1)N1CCC[C@@H]1c1nc2ccccc2s1. The van der Waals surface area contributed by atoms with E-state index in [-0.39, 0.29) is 11.8 Å². The number of fused-ring (bicyclic) bond motifs is 1. The fourth-order valence-corrected chi connectivity index (χ4v) is 6.18. The van der Waals surface area contributed by atoms with Gasteiger partial charge in [-0.25, -0.2) is 13.4 Å². The molecule has 4 rings (SSSR count). The summed E-state index contributed by atoms with van der Waals surface area (Å²) < 4.78 is 28.6. The van der Waals surface area contributed by atoms with Gasteiger partial charge in [0.25, 0.3) is 0 Å². The van der Waals surface area contributed by atoms with Gasteiger partial charge >= 0.3 is 0 Å². The summed E-state index contributed by atoms with van der Waals surface area (Å²) in [6, 6.07) is 17.2. The summed E-state index contributed by atoms with van der Waals surface area (Å²) in [5, 5.41) is 0.908. The van der Waals surface area contributed by atoms with Gasteiger partial charge in [0.2, 0.25) is 10.0 Å². The van der Waals surface area contributed by atoms with E-state index in [4.69, 9.17) is 0 Å². The average Bonchev–Trinajstić information content (AvgIpc) is 3.22. The van der Waals surface area contributed by atoms with E-state index < -0.39 is 10.0 Å². The van der Waals surface area contributed by atoms with E-state index in [0.29, 0.717) is 6.54 Å². The molecule has 24 heavy (non-hydrogen) atoms. The molecule has 3 aromatic rings. The normalized spacial score (nSPS) is 19.1. The highest BCUT2D eigenvalue weighted by Gasteiger charge is 2.36. The topological polar surface area (TPSA) is 50.3 Å². The fourth-order valence-electron chi connectivity index (χ4n) is 3.22. The standard InChI is InChI=1S/C18H18N2O2S2/c21-24(22,13-14-7-2-1-3-8-14)20-12-6-10-16(20)18-19-15-9-4-5-11-17(15)23-18/h1-5,7-9,11,16H,6,10,12-13H2/t16-/m1/s1. The Kier molecular flexibility index (Phi) is 4.12. The molecule has 6 heteroatoms. The van der Waals surface area contributed by atoms with Gasteiger partial charge in [0.05, 0.1) is 22.0 Å². The van der Waals surface area contributed by atoms with E-state index in [1.54, 1.807) is 15.6 Å². The fraction of sp³-hybridized carbons (Fsp3) is 0.278. The summed E-state index contributed by atoms with van der Waals surface area (Å²) in [4.78, 5) is 4.68. The maximum atomic E-state index is 12.9. The second kappa shape index (κ2) is 6.27. The highest BCUT2D eigenvalue weighted by Crippen LogP contribution is 2.38. The Morgan fingerprint density at radius 3 is 2.62 bits per heavy atom. The maximum Gasteiger partial charge on any atom is 0.218 e. The van der Waals surface area contributed by atoms with Gasteiger partial charge in [-0.05, 0) is 30.5 Å². The predicted octanol–water partition coefficient (Wildman–Crippen LogP) is 3.96. The number of benzene rings is 2. The van der Waals surface area contributed by atoms with Crippen LogP contribution in [0.5, 0.6) is 0 Å². The second-order valence-electron chi connectivity index (χ2n) is 6.03. The van der Waals surface area contributed by atoms with Crippen molar-refractivity contribution in [2.75, 3.05) is 6.54 Å². The van der Waals surface area contributed by atoms with E-state index in [9.17, 15) is 8.42 Å². The minimum absolute atomic E-state index is 0.0508. The molecule has 0 unspecified atom stereocenters. The van der Waals surface area contributed by atoms with Crippen LogP contribution in [0.25, 0.3) is 10.2 Å². The van der Waals surface area contributed by atoms with Crippen LogP contribution in [-0.4, -0.2) is 24.3 Å². The lowest BCUT2D eigenvalue weighted by molar-refractivity contribution is 0.395. The molecule has 0 amide bonds. The van der Waals surface area contributed by atoms with E-state index in [0.717, 1.165) is 33.6 Å². The van der Waals surface area contributed by atoms with E-state index in [2.05, 4.69) is 4.98 Å². The van der Waals surface area contributed by atoms with Crippen molar-refractivity contribution in [1.29, 1.82) is 0 Å². The van der Waals surface area contributed by atoms with Crippen LogP contribution in [0.15, 0.2) is 54.6 Å². The number of aromatic nitrogens is 1. The molecule has 0 spiro atoms. The molecule has 124 valence electrons. The second-order valence-corrected chi connectivity index (χ2v) is 9.01. The van der Waals surface area contributed by atoms with Crippen molar-refractivity contribution in [3.8, 4) is 0 Å². The van der Waals surface area contributed by atoms with Crippen molar-refractivity contribution in [2.45, 2.75) is 24.6 Å². The number of hydrogen-bond donors (Lipinski definition) is 0. The first-order chi connectivity index (χ1) is 11.6. The lowest BCUT2D eigenvalue weighted by atomic mass is 10.2. The van der Waals surface area contributed by atoms with Crippen molar-refractivity contribution >= 4 is 31.6 Å². The molecule has 1 atom stereocenters. The van der Waals surface area contributed by atoms with Gasteiger partial charge in [0, 0.05) is 6.54 Å². The van der Waals surface area contributed by atoms with Crippen LogP contribution in [0.3, 0.4) is 0 Å². The molecule has 0 N–H and O–H groups in total. The van der Waals surface area contributed by atoms with E-state index >= 15 is 0 Å². The molecule has 2 heterocycles. The number of hydrogen-bond acceptors (Lipinski definition) is 4. The lowest BCUT2D eigenvalue weighted by Crippen LogP contribution is -2.31. The summed E-state index contributed by atoms with van der Waals surface area (Å²) >= 11 is 1.60. The van der Waals surface area contributed by atoms with Crippen LogP contribution in [0.1, 0.15) is 29.5 Å². The highest BCUT2D eigenvalue weighted by molar-refractivity contribution is 7.88. The average molecular weight is 358 g/mol. The third-order valence-corrected chi connectivity index (χ3v) is 7.34. The summed E-state index contributed by atoms with van der Waals surface area (Å²) in [5.74, 6) is 0.0508. The minimum atomic E-state index is -3.35. The van der Waals surface area contributed by atoms with Gasteiger partial charge in [-0.15, -0.1) is 11.3 Å². The third-order valence-electron chi connectivity index (χ3n) is 4.35. The molecule has 1 aliphatic rings. The quantitative estimate of drug-likeness (QED) is 0.709. The zero-order chi connectivity index (χ0) is 16.6. The Labute approximate surface area is 145 Å². The molecule has 1 aliphatic heterocycles. The maximum absolute atomic E-state index is 12.9.